The Morgan fingerprint density at radius 1 is 0.721 bits per heavy atom. The van der Waals surface area contributed by atoms with E-state index in [2.05, 4.69) is 116 Å². The number of pyridine rings is 1. The fourth-order valence-corrected chi connectivity index (χ4v) is 5.36. The number of aryl methyl sites for hydroxylation is 1. The molecule has 43 heavy (non-hydrogen) atoms. The summed E-state index contributed by atoms with van der Waals surface area (Å²) in [6.07, 6.45) is 37.2. The number of fused-ring (bicyclic) bond motifs is 3. The van der Waals surface area contributed by atoms with Gasteiger partial charge >= 0.3 is 0 Å². The molecule has 3 aromatic rings. The van der Waals surface area contributed by atoms with Crippen molar-refractivity contribution >= 4 is 5.69 Å². The monoisotopic (exact) mass is 560 g/mol. The van der Waals surface area contributed by atoms with Crippen LogP contribution in [-0.4, -0.2) is 4.98 Å². The SMILES string of the molecule is C/C=C/C=C\C=C/Nc1ccc2c(c1)C1(C3=C\C=C/C=C\C1=C\C=C/C=C\3)c1cccnc1-2.C=CC.Cc1ccccc1. The molecule has 0 unspecified atom stereocenters. The van der Waals surface area contributed by atoms with Gasteiger partial charge in [0.15, 0.2) is 0 Å². The van der Waals surface area contributed by atoms with E-state index in [0.717, 1.165) is 11.4 Å². The zero-order valence-electron chi connectivity index (χ0n) is 25.3. The Bertz CT molecular complexity index is 1630. The van der Waals surface area contributed by atoms with E-state index in [9.17, 15) is 0 Å². The maximum atomic E-state index is 4.83. The summed E-state index contributed by atoms with van der Waals surface area (Å²) < 4.78 is 0. The molecular formula is C41H40N2. The molecule has 0 aliphatic heterocycles. The number of benzene rings is 2. The van der Waals surface area contributed by atoms with Gasteiger partial charge in [-0.3, -0.25) is 4.98 Å². The van der Waals surface area contributed by atoms with Gasteiger partial charge in [-0.15, -0.1) is 6.58 Å². The molecular weight excluding hydrogens is 520 g/mol. The third-order valence-electron chi connectivity index (χ3n) is 7.12. The molecule has 3 aliphatic rings. The van der Waals surface area contributed by atoms with Gasteiger partial charge in [0.1, 0.15) is 0 Å². The fraction of sp³-hybridized carbons (Fsp3) is 0.0976. The van der Waals surface area contributed by atoms with Gasteiger partial charge in [0, 0.05) is 23.6 Å². The van der Waals surface area contributed by atoms with Gasteiger partial charge in [-0.25, -0.2) is 0 Å². The molecule has 2 bridgehead atoms. The van der Waals surface area contributed by atoms with Gasteiger partial charge in [-0.2, -0.15) is 0 Å². The van der Waals surface area contributed by atoms with E-state index in [1.165, 1.54) is 33.4 Å². The molecule has 1 spiro atoms. The lowest BCUT2D eigenvalue weighted by Crippen LogP contribution is -2.30. The predicted molar refractivity (Wildman–Crippen MR) is 187 cm³/mol. The van der Waals surface area contributed by atoms with Crippen molar-refractivity contribution in [2.75, 3.05) is 5.32 Å². The van der Waals surface area contributed by atoms with Crippen LogP contribution in [-0.2, 0) is 5.41 Å². The maximum absolute atomic E-state index is 4.83. The van der Waals surface area contributed by atoms with Crippen LogP contribution in [0.2, 0.25) is 0 Å². The largest absolute Gasteiger partial charge is 0.362 e. The van der Waals surface area contributed by atoms with Crippen molar-refractivity contribution in [1.29, 1.82) is 0 Å². The van der Waals surface area contributed by atoms with E-state index in [1.807, 2.05) is 80.9 Å². The highest BCUT2D eigenvalue weighted by Gasteiger charge is 2.48. The molecule has 2 nitrogen and oxygen atoms in total. The molecule has 0 atom stereocenters. The Morgan fingerprint density at radius 3 is 2.02 bits per heavy atom. The minimum Gasteiger partial charge on any atom is -0.362 e. The highest BCUT2D eigenvalue weighted by Crippen LogP contribution is 2.57. The first kappa shape index (κ1) is 30.7. The number of nitrogens with zero attached hydrogens (tertiary/aromatic N) is 1. The molecule has 0 radical (unpaired) electrons. The first-order valence-corrected chi connectivity index (χ1v) is 14.7. The topological polar surface area (TPSA) is 24.9 Å². The lowest BCUT2D eigenvalue weighted by Gasteiger charge is -2.36. The molecule has 1 aromatic heterocycles. The van der Waals surface area contributed by atoms with Crippen LogP contribution in [0.5, 0.6) is 0 Å². The number of aromatic nitrogens is 1. The van der Waals surface area contributed by atoms with Crippen LogP contribution in [0.3, 0.4) is 0 Å². The van der Waals surface area contributed by atoms with Crippen molar-refractivity contribution in [3.8, 4) is 11.3 Å². The normalized spacial score (nSPS) is 22.9. The summed E-state index contributed by atoms with van der Waals surface area (Å²) in [7, 11) is 0. The summed E-state index contributed by atoms with van der Waals surface area (Å²) in [6, 6.07) is 21.1. The van der Waals surface area contributed by atoms with Crippen molar-refractivity contribution in [1.82, 2.24) is 4.98 Å². The fourth-order valence-electron chi connectivity index (χ4n) is 5.36. The van der Waals surface area contributed by atoms with Crippen LogP contribution in [0.4, 0.5) is 5.69 Å². The summed E-state index contributed by atoms with van der Waals surface area (Å²) in [6.45, 7) is 9.34. The van der Waals surface area contributed by atoms with Gasteiger partial charge in [0.25, 0.3) is 0 Å². The Balaban J connectivity index is 0.000000363. The predicted octanol–water partition coefficient (Wildman–Crippen LogP) is 10.7. The number of nitrogens with one attached hydrogen (secondary N) is 1. The number of hydrogen-bond donors (Lipinski definition) is 1. The zero-order valence-corrected chi connectivity index (χ0v) is 25.3. The Hall–Kier alpha value is -5.21. The average molecular weight is 561 g/mol. The highest BCUT2D eigenvalue weighted by molar-refractivity contribution is 5.87. The second-order valence-electron chi connectivity index (χ2n) is 10.1. The van der Waals surface area contributed by atoms with E-state index in [4.69, 9.17) is 4.98 Å². The lowest BCUT2D eigenvalue weighted by atomic mass is 9.65. The molecule has 6 rings (SSSR count). The molecule has 0 fully saturated rings. The smallest absolute Gasteiger partial charge is 0.0753 e. The quantitative estimate of drug-likeness (QED) is 0.254. The highest BCUT2D eigenvalue weighted by atomic mass is 14.8. The van der Waals surface area contributed by atoms with E-state index in [0.29, 0.717) is 0 Å². The van der Waals surface area contributed by atoms with Gasteiger partial charge in [0.2, 0.25) is 0 Å². The number of allylic oxidation sites excluding steroid dienone is 18. The molecule has 3 aliphatic carbocycles. The lowest BCUT2D eigenvalue weighted by molar-refractivity contribution is 0.762. The Kier molecular flexibility index (Phi) is 11.2. The summed E-state index contributed by atoms with van der Waals surface area (Å²) in [5, 5.41) is 3.44. The van der Waals surface area contributed by atoms with Crippen LogP contribution in [0, 0.1) is 6.92 Å². The molecule has 1 heterocycles. The molecule has 0 amide bonds. The molecule has 0 saturated heterocycles. The van der Waals surface area contributed by atoms with Crippen LogP contribution in [0.25, 0.3) is 11.3 Å². The molecule has 214 valence electrons. The van der Waals surface area contributed by atoms with Crippen LogP contribution < -0.4 is 5.32 Å². The Labute approximate surface area is 257 Å². The average Bonchev–Trinajstić information content (AvgIpc) is 3.30. The third-order valence-corrected chi connectivity index (χ3v) is 7.12. The van der Waals surface area contributed by atoms with Crippen molar-refractivity contribution < 1.29 is 0 Å². The number of rotatable bonds is 4. The Morgan fingerprint density at radius 2 is 1.40 bits per heavy atom. The summed E-state index contributed by atoms with van der Waals surface area (Å²) in [4.78, 5) is 4.83. The van der Waals surface area contributed by atoms with Gasteiger partial charge in [-0.1, -0.05) is 139 Å². The first-order chi connectivity index (χ1) is 21.2. The second kappa shape index (κ2) is 15.7. The number of hydrogen-bond acceptors (Lipinski definition) is 2. The van der Waals surface area contributed by atoms with E-state index < -0.39 is 5.41 Å². The summed E-state index contributed by atoms with van der Waals surface area (Å²) >= 11 is 0. The van der Waals surface area contributed by atoms with Crippen LogP contribution >= 0.6 is 0 Å². The second-order valence-corrected chi connectivity index (χ2v) is 10.1. The van der Waals surface area contributed by atoms with Gasteiger partial charge in [0.05, 0.1) is 11.1 Å². The molecule has 2 heteroatoms. The van der Waals surface area contributed by atoms with E-state index >= 15 is 0 Å². The molecule has 1 N–H and O–H groups in total. The van der Waals surface area contributed by atoms with Crippen molar-refractivity contribution in [3.63, 3.8) is 0 Å². The van der Waals surface area contributed by atoms with Crippen molar-refractivity contribution in [3.05, 3.63) is 205 Å². The molecule has 2 aromatic carbocycles. The van der Waals surface area contributed by atoms with Gasteiger partial charge in [-0.05, 0) is 67.3 Å². The third kappa shape index (κ3) is 7.17. The number of anilines is 1. The zero-order chi connectivity index (χ0) is 30.3. The van der Waals surface area contributed by atoms with Gasteiger partial charge < -0.3 is 5.32 Å². The van der Waals surface area contributed by atoms with Crippen LogP contribution in [0.1, 0.15) is 30.5 Å². The van der Waals surface area contributed by atoms with Crippen molar-refractivity contribution in [2.24, 2.45) is 0 Å². The summed E-state index contributed by atoms with van der Waals surface area (Å²) in [5.41, 5.74) is 9.11. The standard InChI is InChI=1S/C31H26N2.C7H8.C3H6/c1-2-3-4-5-12-21-32-26-19-20-27-29(23-26)31(28-18-13-22-33-30(27)28)24-14-8-6-9-15-25(31)17-11-7-10-16-24;1-7-5-3-2-4-6-7;1-3-2/h2-23,32H,1H3;2-6H,1H3;3H,1H2,2H3/b3-2+,5-4-,8-6-,9-6?,10-7?,11-7-,14-8?,15-9-,16-10-,17-11?,21-12-,24-14-,24-16?,25-15?,25-17-;;. The summed E-state index contributed by atoms with van der Waals surface area (Å²) in [5.74, 6) is 0. The van der Waals surface area contributed by atoms with E-state index in [1.54, 1.807) is 6.08 Å². The van der Waals surface area contributed by atoms with E-state index in [-0.39, 0.29) is 0 Å². The minimum atomic E-state index is -0.422. The molecule has 0 saturated carbocycles. The van der Waals surface area contributed by atoms with Crippen molar-refractivity contribution in [2.45, 2.75) is 26.2 Å². The first-order valence-electron chi connectivity index (χ1n) is 14.7. The minimum absolute atomic E-state index is 0.422. The maximum Gasteiger partial charge on any atom is 0.0753 e. The van der Waals surface area contributed by atoms with Crippen LogP contribution in [0.15, 0.2) is 188 Å².